The molecule has 0 spiro atoms. The largest absolute Gasteiger partial charge is 0.455 e. The normalized spacial score (nSPS) is 15.0. The van der Waals surface area contributed by atoms with Crippen LogP contribution in [-0.4, -0.2) is 9.97 Å². The number of pyridine rings is 2. The van der Waals surface area contributed by atoms with Crippen molar-refractivity contribution in [3.8, 4) is 44.6 Å². The van der Waals surface area contributed by atoms with E-state index in [2.05, 4.69) is 154 Å². The number of furan rings is 1. The second-order valence-corrected chi connectivity index (χ2v) is 15.4. The number of benzene rings is 6. The summed E-state index contributed by atoms with van der Waals surface area (Å²) >= 11 is 0. The quantitative estimate of drug-likeness (QED) is 0.174. The third-order valence-electron chi connectivity index (χ3n) is 11.9. The predicted octanol–water partition coefficient (Wildman–Crippen LogP) is 12.6. The fourth-order valence-electron chi connectivity index (χ4n) is 9.23. The van der Waals surface area contributed by atoms with Crippen molar-refractivity contribution in [2.45, 2.75) is 38.5 Å². The van der Waals surface area contributed by atoms with Crippen LogP contribution in [0.15, 0.2) is 138 Å². The Morgan fingerprint density at radius 3 is 2.04 bits per heavy atom. The van der Waals surface area contributed by atoms with Crippen LogP contribution in [0, 0.1) is 0 Å². The van der Waals surface area contributed by atoms with E-state index in [1.165, 1.54) is 61.0 Å². The van der Waals surface area contributed by atoms with Gasteiger partial charge in [0.1, 0.15) is 11.2 Å². The molecule has 3 aromatic heterocycles. The summed E-state index contributed by atoms with van der Waals surface area (Å²) in [6, 6.07) is 46.4. The van der Waals surface area contributed by atoms with E-state index >= 15 is 0 Å². The van der Waals surface area contributed by atoms with Gasteiger partial charge in [-0.1, -0.05) is 119 Å². The van der Waals surface area contributed by atoms with Crippen molar-refractivity contribution < 1.29 is 4.42 Å². The zero-order chi connectivity index (χ0) is 34.2. The standard InChI is InChI=1S/C48H34N2O/c1-47(2)36-13-7-5-11-33(36)43-39(47)26-35(42-34-12-6-8-14-41(34)51-46(42)43)29-17-20-31-32-21-18-30(25-38(32)48(3,4)37(31)24-29)40-22-19-28-16-15-27-10-9-23-49-44(27)45(28)50-40/h5-26H,1-4H3. The smallest absolute Gasteiger partial charge is 0.144 e. The highest BCUT2D eigenvalue weighted by Crippen LogP contribution is 2.56. The molecule has 11 rings (SSSR count). The van der Waals surface area contributed by atoms with Gasteiger partial charge in [-0.3, -0.25) is 4.98 Å². The topological polar surface area (TPSA) is 38.9 Å². The molecule has 0 N–H and O–H groups in total. The summed E-state index contributed by atoms with van der Waals surface area (Å²) < 4.78 is 6.79. The average molecular weight is 655 g/mol. The molecular formula is C48H34N2O. The van der Waals surface area contributed by atoms with Crippen LogP contribution in [0.25, 0.3) is 88.4 Å². The number of para-hydroxylation sites is 1. The molecule has 51 heavy (non-hydrogen) atoms. The summed E-state index contributed by atoms with van der Waals surface area (Å²) in [5, 5.41) is 4.56. The van der Waals surface area contributed by atoms with E-state index in [0.717, 1.165) is 49.6 Å². The molecule has 2 aliphatic rings. The maximum Gasteiger partial charge on any atom is 0.144 e. The summed E-state index contributed by atoms with van der Waals surface area (Å²) in [5.74, 6) is 0. The molecule has 9 aromatic rings. The molecule has 0 fully saturated rings. The fraction of sp³-hybridized carbons (Fsp3) is 0.125. The first-order chi connectivity index (χ1) is 24.8. The van der Waals surface area contributed by atoms with Crippen LogP contribution in [0.2, 0.25) is 0 Å². The lowest BCUT2D eigenvalue weighted by Crippen LogP contribution is -2.15. The number of nitrogens with zero attached hydrogens (tertiary/aromatic N) is 2. The summed E-state index contributed by atoms with van der Waals surface area (Å²) in [6.07, 6.45) is 1.85. The molecule has 242 valence electrons. The van der Waals surface area contributed by atoms with Crippen molar-refractivity contribution in [2.75, 3.05) is 0 Å². The molecule has 0 saturated heterocycles. The Bertz CT molecular complexity index is 2980. The van der Waals surface area contributed by atoms with Gasteiger partial charge in [0.25, 0.3) is 0 Å². The van der Waals surface area contributed by atoms with Gasteiger partial charge in [0.05, 0.1) is 16.7 Å². The zero-order valence-electron chi connectivity index (χ0n) is 29.0. The Morgan fingerprint density at radius 2 is 1.20 bits per heavy atom. The minimum Gasteiger partial charge on any atom is -0.455 e. The highest BCUT2D eigenvalue weighted by atomic mass is 16.3. The molecule has 3 heterocycles. The minimum atomic E-state index is -0.203. The highest BCUT2D eigenvalue weighted by Gasteiger charge is 2.40. The third-order valence-corrected chi connectivity index (χ3v) is 11.9. The van der Waals surface area contributed by atoms with E-state index in [1.54, 1.807) is 0 Å². The highest BCUT2D eigenvalue weighted by molar-refractivity contribution is 6.18. The Morgan fingerprint density at radius 1 is 0.510 bits per heavy atom. The van der Waals surface area contributed by atoms with E-state index in [1.807, 2.05) is 12.3 Å². The molecule has 0 aliphatic heterocycles. The predicted molar refractivity (Wildman–Crippen MR) is 210 cm³/mol. The lowest BCUT2D eigenvalue weighted by atomic mass is 9.79. The van der Waals surface area contributed by atoms with E-state index in [-0.39, 0.29) is 10.8 Å². The number of hydrogen-bond donors (Lipinski definition) is 0. The minimum absolute atomic E-state index is 0.143. The third kappa shape index (κ3) is 3.78. The Balaban J connectivity index is 1.08. The van der Waals surface area contributed by atoms with E-state index < -0.39 is 0 Å². The molecule has 6 aromatic carbocycles. The Labute approximate surface area is 296 Å². The molecule has 0 saturated carbocycles. The molecule has 0 unspecified atom stereocenters. The van der Waals surface area contributed by atoms with Crippen LogP contribution in [0.1, 0.15) is 49.9 Å². The fourth-order valence-corrected chi connectivity index (χ4v) is 9.23. The first-order valence-electron chi connectivity index (χ1n) is 17.8. The molecule has 3 heteroatoms. The van der Waals surface area contributed by atoms with Crippen molar-refractivity contribution in [1.29, 1.82) is 0 Å². The number of rotatable bonds is 2. The number of fused-ring (bicyclic) bond motifs is 13. The molecule has 0 amide bonds. The van der Waals surface area contributed by atoms with Crippen LogP contribution in [0.4, 0.5) is 0 Å². The maximum atomic E-state index is 6.79. The van der Waals surface area contributed by atoms with E-state index in [0.29, 0.717) is 0 Å². The second-order valence-electron chi connectivity index (χ2n) is 15.4. The summed E-state index contributed by atoms with van der Waals surface area (Å²) in [7, 11) is 0. The van der Waals surface area contributed by atoms with Crippen molar-refractivity contribution in [3.05, 3.63) is 156 Å². The molecule has 0 bridgehead atoms. The van der Waals surface area contributed by atoms with Gasteiger partial charge < -0.3 is 4.42 Å². The van der Waals surface area contributed by atoms with Crippen molar-refractivity contribution >= 4 is 43.7 Å². The number of aromatic nitrogens is 2. The van der Waals surface area contributed by atoms with Crippen LogP contribution < -0.4 is 0 Å². The SMILES string of the molecule is CC1(C)c2cc(-c3ccc4ccc5cccnc5c4n3)ccc2-c2ccc(-c3cc4c(c5oc6ccccc6c35)-c3ccccc3C4(C)C)cc21. The van der Waals surface area contributed by atoms with E-state index in [9.17, 15) is 0 Å². The number of hydrogen-bond acceptors (Lipinski definition) is 3. The first-order valence-corrected chi connectivity index (χ1v) is 17.8. The van der Waals surface area contributed by atoms with E-state index in [4.69, 9.17) is 9.40 Å². The summed E-state index contributed by atoms with van der Waals surface area (Å²) in [4.78, 5) is 9.87. The average Bonchev–Trinajstić information content (AvgIpc) is 3.74. The van der Waals surface area contributed by atoms with Crippen molar-refractivity contribution in [3.63, 3.8) is 0 Å². The maximum absolute atomic E-state index is 6.79. The summed E-state index contributed by atoms with van der Waals surface area (Å²) in [5.41, 5.74) is 18.4. The molecule has 0 atom stereocenters. The van der Waals surface area contributed by atoms with Crippen LogP contribution >= 0.6 is 0 Å². The van der Waals surface area contributed by atoms with Gasteiger partial charge in [-0.15, -0.1) is 0 Å². The zero-order valence-corrected chi connectivity index (χ0v) is 29.0. The van der Waals surface area contributed by atoms with Gasteiger partial charge >= 0.3 is 0 Å². The molecule has 3 nitrogen and oxygen atoms in total. The van der Waals surface area contributed by atoms with Crippen LogP contribution in [-0.2, 0) is 10.8 Å². The Kier molecular flexibility index (Phi) is 5.52. The second kappa shape index (κ2) is 9.80. The molecule has 2 aliphatic carbocycles. The van der Waals surface area contributed by atoms with Gasteiger partial charge in [0, 0.05) is 49.7 Å². The van der Waals surface area contributed by atoms with Gasteiger partial charge in [-0.05, 0) is 86.5 Å². The van der Waals surface area contributed by atoms with Gasteiger partial charge in [0.2, 0.25) is 0 Å². The van der Waals surface area contributed by atoms with Gasteiger partial charge in [0.15, 0.2) is 0 Å². The Hall–Kier alpha value is -6.06. The van der Waals surface area contributed by atoms with Crippen LogP contribution in [0.3, 0.4) is 0 Å². The summed E-state index contributed by atoms with van der Waals surface area (Å²) in [6.45, 7) is 9.42. The molecular weight excluding hydrogens is 621 g/mol. The lowest BCUT2D eigenvalue weighted by molar-refractivity contribution is 0.653. The van der Waals surface area contributed by atoms with Crippen LogP contribution in [0.5, 0.6) is 0 Å². The van der Waals surface area contributed by atoms with Crippen molar-refractivity contribution in [2.24, 2.45) is 0 Å². The monoisotopic (exact) mass is 654 g/mol. The van der Waals surface area contributed by atoms with Gasteiger partial charge in [-0.2, -0.15) is 0 Å². The van der Waals surface area contributed by atoms with Gasteiger partial charge in [-0.25, -0.2) is 4.98 Å². The first kappa shape index (κ1) is 28.7. The lowest BCUT2D eigenvalue weighted by Gasteiger charge is -2.24. The molecule has 0 radical (unpaired) electrons. The van der Waals surface area contributed by atoms with Crippen molar-refractivity contribution in [1.82, 2.24) is 9.97 Å².